The molecule has 0 aliphatic rings. The van der Waals surface area contributed by atoms with Crippen molar-refractivity contribution >= 4 is 11.4 Å². The first-order valence-corrected chi connectivity index (χ1v) is 5.83. The molecule has 7 heteroatoms. The monoisotopic (exact) mass is 270 g/mol. The molecular weight excluding hydrogens is 252 g/mol. The van der Waals surface area contributed by atoms with Crippen LogP contribution in [0.1, 0.15) is 13.3 Å². The molecule has 0 heterocycles. The number of hydrogen-bond donors (Lipinski definition) is 3. The number of anilines is 1. The number of rotatable bonds is 7. The van der Waals surface area contributed by atoms with Crippen LogP contribution < -0.4 is 10.1 Å². The highest BCUT2D eigenvalue weighted by atomic mass is 16.6. The summed E-state index contributed by atoms with van der Waals surface area (Å²) in [5.41, 5.74) is -0.626. The van der Waals surface area contributed by atoms with E-state index in [0.29, 0.717) is 17.9 Å². The Kier molecular flexibility index (Phi) is 5.08. The first kappa shape index (κ1) is 15.2. The summed E-state index contributed by atoms with van der Waals surface area (Å²) in [5.74, 6) is 0.331. The van der Waals surface area contributed by atoms with Crippen molar-refractivity contribution in [3.8, 4) is 5.75 Å². The van der Waals surface area contributed by atoms with Crippen LogP contribution in [0.25, 0.3) is 0 Å². The van der Waals surface area contributed by atoms with Gasteiger partial charge in [-0.1, -0.05) is 6.92 Å². The molecule has 0 bridgehead atoms. The van der Waals surface area contributed by atoms with Gasteiger partial charge in [0.2, 0.25) is 0 Å². The minimum atomic E-state index is -0.916. The Hall–Kier alpha value is -1.86. The Labute approximate surface area is 111 Å². The number of nitrogens with one attached hydrogen (secondary N) is 1. The molecule has 3 N–H and O–H groups in total. The van der Waals surface area contributed by atoms with Gasteiger partial charge in [0.05, 0.1) is 36.9 Å². The van der Waals surface area contributed by atoms with Crippen LogP contribution in [-0.4, -0.2) is 41.0 Å². The zero-order valence-electron chi connectivity index (χ0n) is 10.9. The average molecular weight is 270 g/mol. The van der Waals surface area contributed by atoms with Gasteiger partial charge < -0.3 is 20.3 Å². The van der Waals surface area contributed by atoms with Crippen molar-refractivity contribution in [3.63, 3.8) is 0 Å². The van der Waals surface area contributed by atoms with Crippen LogP contribution in [0.15, 0.2) is 18.2 Å². The van der Waals surface area contributed by atoms with E-state index in [9.17, 15) is 20.3 Å². The summed E-state index contributed by atoms with van der Waals surface area (Å²) in [6.45, 7) is 1.23. The van der Waals surface area contributed by atoms with Crippen LogP contribution in [0.3, 0.4) is 0 Å². The van der Waals surface area contributed by atoms with Crippen molar-refractivity contribution in [2.24, 2.45) is 0 Å². The lowest BCUT2D eigenvalue weighted by Crippen LogP contribution is -2.45. The number of nitrogens with zero attached hydrogens (tertiary/aromatic N) is 1. The maximum Gasteiger partial charge on any atom is 0.275 e. The Morgan fingerprint density at radius 3 is 2.42 bits per heavy atom. The summed E-state index contributed by atoms with van der Waals surface area (Å²) in [7, 11) is 1.41. The molecule has 7 nitrogen and oxygen atoms in total. The van der Waals surface area contributed by atoms with Crippen LogP contribution in [-0.2, 0) is 0 Å². The Morgan fingerprint density at radius 2 is 2.00 bits per heavy atom. The van der Waals surface area contributed by atoms with E-state index in [1.807, 2.05) is 0 Å². The van der Waals surface area contributed by atoms with Crippen molar-refractivity contribution in [1.29, 1.82) is 0 Å². The summed E-state index contributed by atoms with van der Waals surface area (Å²) in [4.78, 5) is 10.3. The summed E-state index contributed by atoms with van der Waals surface area (Å²) in [6.07, 6.45) is 0.463. The number of nitro groups is 1. The highest BCUT2D eigenvalue weighted by molar-refractivity contribution is 5.57. The van der Waals surface area contributed by atoms with Crippen molar-refractivity contribution in [2.75, 3.05) is 25.6 Å². The zero-order chi connectivity index (χ0) is 14.5. The predicted octanol–water partition coefficient (Wildman–Crippen LogP) is 1.15. The second kappa shape index (κ2) is 6.35. The number of hydrogen-bond acceptors (Lipinski definition) is 6. The number of aliphatic hydroxyl groups is 2. The van der Waals surface area contributed by atoms with Gasteiger partial charge in [-0.05, 0) is 6.42 Å². The van der Waals surface area contributed by atoms with E-state index in [2.05, 4.69) is 5.32 Å². The predicted molar refractivity (Wildman–Crippen MR) is 70.5 cm³/mol. The third-order valence-electron chi connectivity index (χ3n) is 3.03. The van der Waals surface area contributed by atoms with Crippen molar-refractivity contribution in [2.45, 2.75) is 18.9 Å². The number of benzene rings is 1. The summed E-state index contributed by atoms with van der Waals surface area (Å²) >= 11 is 0. The molecule has 0 aliphatic carbocycles. The van der Waals surface area contributed by atoms with Gasteiger partial charge in [-0.3, -0.25) is 10.1 Å². The largest absolute Gasteiger partial charge is 0.496 e. The first-order valence-electron chi connectivity index (χ1n) is 5.83. The lowest BCUT2D eigenvalue weighted by Gasteiger charge is -2.30. The quantitative estimate of drug-likeness (QED) is 0.507. The van der Waals surface area contributed by atoms with Crippen LogP contribution in [0, 0.1) is 10.1 Å². The maximum atomic E-state index is 10.8. The van der Waals surface area contributed by atoms with E-state index in [0.717, 1.165) is 0 Å². The van der Waals surface area contributed by atoms with Gasteiger partial charge in [0, 0.05) is 17.8 Å². The first-order chi connectivity index (χ1) is 9.00. The van der Waals surface area contributed by atoms with Gasteiger partial charge in [-0.2, -0.15) is 0 Å². The van der Waals surface area contributed by atoms with Crippen molar-refractivity contribution in [3.05, 3.63) is 28.3 Å². The van der Waals surface area contributed by atoms with Crippen LogP contribution in [0.2, 0.25) is 0 Å². The number of non-ortho nitro benzene ring substituents is 1. The molecule has 0 atom stereocenters. The van der Waals surface area contributed by atoms with E-state index < -0.39 is 10.5 Å². The van der Waals surface area contributed by atoms with Gasteiger partial charge in [0.15, 0.2) is 0 Å². The van der Waals surface area contributed by atoms with Crippen molar-refractivity contribution in [1.82, 2.24) is 0 Å². The molecule has 0 spiro atoms. The van der Waals surface area contributed by atoms with Crippen LogP contribution in [0.5, 0.6) is 5.75 Å². The normalized spacial score (nSPS) is 11.2. The Bertz CT molecular complexity index is 437. The fourth-order valence-electron chi connectivity index (χ4n) is 1.63. The van der Waals surface area contributed by atoms with Gasteiger partial charge in [0.1, 0.15) is 5.75 Å². The van der Waals surface area contributed by atoms with Gasteiger partial charge >= 0.3 is 0 Å². The zero-order valence-corrected chi connectivity index (χ0v) is 10.9. The van der Waals surface area contributed by atoms with Gasteiger partial charge in [-0.15, -0.1) is 0 Å². The smallest absolute Gasteiger partial charge is 0.275 e. The summed E-state index contributed by atoms with van der Waals surface area (Å²) in [5, 5.41) is 32.5. The Balaban J connectivity index is 3.12. The fourth-order valence-corrected chi connectivity index (χ4v) is 1.63. The minimum absolute atomic E-state index is 0.122. The topological polar surface area (TPSA) is 105 Å². The van der Waals surface area contributed by atoms with Gasteiger partial charge in [0.25, 0.3) is 5.69 Å². The molecule has 0 amide bonds. The molecule has 1 aromatic carbocycles. The summed E-state index contributed by atoms with van der Waals surface area (Å²) < 4.78 is 4.99. The number of nitro benzene ring substituents is 1. The molecular formula is C12H18N2O5. The molecule has 0 saturated carbocycles. The molecule has 106 valence electrons. The molecule has 0 aromatic heterocycles. The molecule has 1 rings (SSSR count). The number of ether oxygens (including phenoxy) is 1. The lowest BCUT2D eigenvalue weighted by atomic mass is 9.98. The molecule has 0 saturated heterocycles. The molecule has 0 unspecified atom stereocenters. The second-order valence-corrected chi connectivity index (χ2v) is 4.25. The highest BCUT2D eigenvalue weighted by Crippen LogP contribution is 2.28. The third-order valence-corrected chi connectivity index (χ3v) is 3.03. The van der Waals surface area contributed by atoms with Gasteiger partial charge in [-0.25, -0.2) is 0 Å². The summed E-state index contributed by atoms with van der Waals surface area (Å²) in [6, 6.07) is 4.21. The number of methoxy groups -OCH3 is 1. The third kappa shape index (κ3) is 3.55. The van der Waals surface area contributed by atoms with Crippen LogP contribution in [0.4, 0.5) is 11.4 Å². The Morgan fingerprint density at radius 1 is 1.37 bits per heavy atom. The average Bonchev–Trinajstić information content (AvgIpc) is 2.44. The van der Waals surface area contributed by atoms with E-state index in [1.165, 1.54) is 19.2 Å². The number of aliphatic hydroxyl groups excluding tert-OH is 2. The van der Waals surface area contributed by atoms with E-state index >= 15 is 0 Å². The fraction of sp³-hybridized carbons (Fsp3) is 0.500. The molecule has 0 fully saturated rings. The molecule has 0 radical (unpaired) electrons. The minimum Gasteiger partial charge on any atom is -0.496 e. The highest BCUT2D eigenvalue weighted by Gasteiger charge is 2.27. The lowest BCUT2D eigenvalue weighted by molar-refractivity contribution is -0.384. The standard InChI is InChI=1S/C12H18N2O5/c1-3-12(7-15,8-16)13-9-4-10(14(17)18)6-11(5-9)19-2/h4-6,13,15-16H,3,7-8H2,1-2H3. The molecule has 0 aliphatic heterocycles. The maximum absolute atomic E-state index is 10.8. The van der Waals surface area contributed by atoms with E-state index in [1.54, 1.807) is 13.0 Å². The van der Waals surface area contributed by atoms with E-state index in [4.69, 9.17) is 4.74 Å². The van der Waals surface area contributed by atoms with Crippen molar-refractivity contribution < 1.29 is 19.9 Å². The SMILES string of the molecule is CCC(CO)(CO)Nc1cc(OC)cc([N+](=O)[O-])c1. The van der Waals surface area contributed by atoms with Crippen LogP contribution >= 0.6 is 0 Å². The second-order valence-electron chi connectivity index (χ2n) is 4.25. The molecule has 1 aromatic rings. The molecule has 19 heavy (non-hydrogen) atoms. The van der Waals surface area contributed by atoms with E-state index in [-0.39, 0.29) is 18.9 Å².